The molecular formula is C12H14ClNO3S. The molecule has 1 aromatic rings. The van der Waals surface area contributed by atoms with E-state index >= 15 is 0 Å². The highest BCUT2D eigenvalue weighted by molar-refractivity contribution is 7.89. The van der Waals surface area contributed by atoms with Crippen LogP contribution in [0.15, 0.2) is 35.9 Å². The molecule has 0 atom stereocenters. The van der Waals surface area contributed by atoms with Crippen molar-refractivity contribution in [1.29, 1.82) is 0 Å². The number of sulfone groups is 1. The van der Waals surface area contributed by atoms with Crippen molar-refractivity contribution in [1.82, 2.24) is 5.32 Å². The van der Waals surface area contributed by atoms with Crippen molar-refractivity contribution in [3.63, 3.8) is 0 Å². The van der Waals surface area contributed by atoms with Gasteiger partial charge in [0.05, 0.1) is 12.3 Å². The summed E-state index contributed by atoms with van der Waals surface area (Å²) in [6.45, 7) is 3.66. The molecule has 18 heavy (non-hydrogen) atoms. The van der Waals surface area contributed by atoms with E-state index in [0.29, 0.717) is 16.2 Å². The topological polar surface area (TPSA) is 63.2 Å². The molecule has 0 unspecified atom stereocenters. The van der Waals surface area contributed by atoms with Gasteiger partial charge in [0.1, 0.15) is 0 Å². The van der Waals surface area contributed by atoms with Gasteiger partial charge in [0.15, 0.2) is 9.84 Å². The fourth-order valence-electron chi connectivity index (χ4n) is 1.33. The Balaban J connectivity index is 2.71. The van der Waals surface area contributed by atoms with Crippen LogP contribution in [0.3, 0.4) is 0 Å². The molecule has 0 bridgehead atoms. The van der Waals surface area contributed by atoms with E-state index < -0.39 is 9.84 Å². The summed E-state index contributed by atoms with van der Waals surface area (Å²) in [5.41, 5.74) is 1.10. The quantitative estimate of drug-likeness (QED) is 0.897. The second-order valence-electron chi connectivity index (χ2n) is 3.97. The fraction of sp³-hybridized carbons (Fsp3) is 0.250. The summed E-state index contributed by atoms with van der Waals surface area (Å²) < 4.78 is 22.2. The van der Waals surface area contributed by atoms with Crippen molar-refractivity contribution in [3.05, 3.63) is 47.0 Å². The normalized spacial score (nSPS) is 11.0. The van der Waals surface area contributed by atoms with E-state index in [-0.39, 0.29) is 18.2 Å². The minimum atomic E-state index is -3.06. The largest absolute Gasteiger partial charge is 0.347 e. The average molecular weight is 288 g/mol. The highest BCUT2D eigenvalue weighted by atomic mass is 35.5. The molecule has 1 rings (SSSR count). The van der Waals surface area contributed by atoms with E-state index in [9.17, 15) is 13.2 Å². The third kappa shape index (κ3) is 5.33. The number of carbonyl (C=O) groups excluding carboxylic acids is 1. The zero-order valence-corrected chi connectivity index (χ0v) is 11.5. The minimum absolute atomic E-state index is 0.0343. The number of hydrogen-bond acceptors (Lipinski definition) is 3. The van der Waals surface area contributed by atoms with Crippen molar-refractivity contribution < 1.29 is 13.2 Å². The Morgan fingerprint density at radius 3 is 2.33 bits per heavy atom. The van der Waals surface area contributed by atoms with Crippen molar-refractivity contribution in [3.8, 4) is 0 Å². The summed E-state index contributed by atoms with van der Waals surface area (Å²) in [5, 5.41) is 2.92. The van der Waals surface area contributed by atoms with Crippen molar-refractivity contribution in [2.75, 3.05) is 12.8 Å². The third-order valence-corrected chi connectivity index (χ3v) is 3.08. The van der Waals surface area contributed by atoms with Gasteiger partial charge in [-0.25, -0.2) is 8.42 Å². The van der Waals surface area contributed by atoms with Crippen LogP contribution in [-0.2, 0) is 15.6 Å². The molecule has 0 spiro atoms. The van der Waals surface area contributed by atoms with Crippen LogP contribution in [0, 0.1) is 0 Å². The van der Waals surface area contributed by atoms with Crippen LogP contribution >= 0.6 is 11.6 Å². The highest BCUT2D eigenvalue weighted by Crippen LogP contribution is 2.08. The predicted octanol–water partition coefficient (Wildman–Crippen LogP) is 1.71. The Kier molecular flexibility index (Phi) is 4.93. The first kappa shape index (κ1) is 14.7. The maximum atomic E-state index is 11.6. The van der Waals surface area contributed by atoms with Crippen LogP contribution in [0.5, 0.6) is 0 Å². The Hall–Kier alpha value is -1.33. The van der Waals surface area contributed by atoms with Crippen LogP contribution in [-0.4, -0.2) is 27.1 Å². The van der Waals surface area contributed by atoms with Gasteiger partial charge in [-0.2, -0.15) is 0 Å². The second-order valence-corrected chi connectivity index (χ2v) is 6.64. The van der Waals surface area contributed by atoms with Gasteiger partial charge in [-0.3, -0.25) is 4.79 Å². The van der Waals surface area contributed by atoms with Crippen LogP contribution in [0.25, 0.3) is 0 Å². The first-order valence-corrected chi connectivity index (χ1v) is 7.60. The number of carbonyl (C=O) groups is 1. The average Bonchev–Trinajstić information content (AvgIpc) is 2.24. The number of hydrogen-bond donors (Lipinski definition) is 1. The molecule has 0 aromatic heterocycles. The van der Waals surface area contributed by atoms with E-state index in [0.717, 1.165) is 0 Å². The van der Waals surface area contributed by atoms with Gasteiger partial charge in [-0.1, -0.05) is 30.3 Å². The maximum absolute atomic E-state index is 11.6. The highest BCUT2D eigenvalue weighted by Gasteiger charge is 2.07. The van der Waals surface area contributed by atoms with Crippen LogP contribution in [0.4, 0.5) is 0 Å². The summed E-state index contributed by atoms with van der Waals surface area (Å²) in [4.78, 5) is 11.6. The molecule has 0 aliphatic rings. The van der Waals surface area contributed by atoms with Gasteiger partial charge in [0.25, 0.3) is 5.91 Å². The van der Waals surface area contributed by atoms with Gasteiger partial charge >= 0.3 is 0 Å². The Bertz CT molecular complexity index is 549. The van der Waals surface area contributed by atoms with Crippen LogP contribution in [0.2, 0.25) is 0 Å². The van der Waals surface area contributed by atoms with Crippen LogP contribution in [0.1, 0.15) is 15.9 Å². The van der Waals surface area contributed by atoms with Gasteiger partial charge in [0.2, 0.25) is 0 Å². The minimum Gasteiger partial charge on any atom is -0.347 e. The molecule has 4 nitrogen and oxygen atoms in total. The molecule has 6 heteroatoms. The molecule has 0 heterocycles. The van der Waals surface area contributed by atoms with Gasteiger partial charge in [-0.05, 0) is 17.7 Å². The first-order chi connectivity index (χ1) is 8.28. The summed E-state index contributed by atoms with van der Waals surface area (Å²) in [6.07, 6.45) is 1.17. The number of rotatable bonds is 5. The van der Waals surface area contributed by atoms with E-state index in [1.807, 2.05) is 0 Å². The maximum Gasteiger partial charge on any atom is 0.251 e. The molecule has 0 saturated carbocycles. The van der Waals surface area contributed by atoms with E-state index in [1.54, 1.807) is 24.3 Å². The lowest BCUT2D eigenvalue weighted by molar-refractivity contribution is 0.0957. The molecular weight excluding hydrogens is 274 g/mol. The Morgan fingerprint density at radius 1 is 1.33 bits per heavy atom. The molecule has 0 radical (unpaired) electrons. The third-order valence-electron chi connectivity index (χ3n) is 2.09. The number of halogens is 1. The summed E-state index contributed by atoms with van der Waals surface area (Å²) >= 11 is 5.53. The lowest BCUT2D eigenvalue weighted by Gasteiger charge is -2.05. The first-order valence-electron chi connectivity index (χ1n) is 5.16. The lowest BCUT2D eigenvalue weighted by atomic mass is 10.1. The number of nitrogens with one attached hydrogen (secondary N) is 1. The molecule has 0 fully saturated rings. The molecule has 1 aromatic carbocycles. The van der Waals surface area contributed by atoms with E-state index in [1.165, 1.54) is 6.26 Å². The standard InChI is InChI=1S/C12H14ClNO3S/c1-9(13)7-14-12(15)11-5-3-10(4-6-11)8-18(2,16)17/h3-6H,1,7-8H2,2H3,(H,14,15). The predicted molar refractivity (Wildman–Crippen MR) is 72.3 cm³/mol. The molecule has 0 aliphatic carbocycles. The molecule has 1 amide bonds. The zero-order chi connectivity index (χ0) is 13.8. The SMILES string of the molecule is C=C(Cl)CNC(=O)c1ccc(CS(C)(=O)=O)cc1. The Morgan fingerprint density at radius 2 is 1.89 bits per heavy atom. The van der Waals surface area contributed by atoms with Gasteiger partial charge in [-0.15, -0.1) is 0 Å². The molecule has 0 saturated heterocycles. The van der Waals surface area contributed by atoms with E-state index in [4.69, 9.17) is 11.6 Å². The van der Waals surface area contributed by atoms with Crippen molar-refractivity contribution in [2.24, 2.45) is 0 Å². The Labute approximate surface area is 112 Å². The summed E-state index contributed by atoms with van der Waals surface area (Å²) in [6, 6.07) is 6.39. The van der Waals surface area contributed by atoms with Gasteiger partial charge in [0, 0.05) is 16.9 Å². The molecule has 98 valence electrons. The zero-order valence-electron chi connectivity index (χ0n) is 9.94. The van der Waals surface area contributed by atoms with Crippen molar-refractivity contribution >= 4 is 27.3 Å². The van der Waals surface area contributed by atoms with Crippen molar-refractivity contribution in [2.45, 2.75) is 5.75 Å². The van der Waals surface area contributed by atoms with Gasteiger partial charge < -0.3 is 5.32 Å². The number of benzene rings is 1. The lowest BCUT2D eigenvalue weighted by Crippen LogP contribution is -2.24. The fourth-order valence-corrected chi connectivity index (χ4v) is 2.20. The second kappa shape index (κ2) is 6.02. The molecule has 0 aliphatic heterocycles. The molecule has 1 N–H and O–H groups in total. The smallest absolute Gasteiger partial charge is 0.251 e. The van der Waals surface area contributed by atoms with E-state index in [2.05, 4.69) is 11.9 Å². The monoisotopic (exact) mass is 287 g/mol. The van der Waals surface area contributed by atoms with Crippen LogP contribution < -0.4 is 5.32 Å². The number of amides is 1. The summed E-state index contributed by atoms with van der Waals surface area (Å²) in [7, 11) is -3.06. The summed E-state index contributed by atoms with van der Waals surface area (Å²) in [5.74, 6) is -0.310.